The normalized spacial score (nSPS) is 12.9. The summed E-state index contributed by atoms with van der Waals surface area (Å²) >= 11 is 0. The van der Waals surface area contributed by atoms with E-state index in [2.05, 4.69) is 49.6 Å². The van der Waals surface area contributed by atoms with Crippen LogP contribution >= 0.6 is 0 Å². The number of H-pyrrole nitrogens is 1. The highest BCUT2D eigenvalue weighted by atomic mass is 15.1. The van der Waals surface area contributed by atoms with Crippen LogP contribution in [0.25, 0.3) is 0 Å². The van der Waals surface area contributed by atoms with Crippen LogP contribution in [-0.4, -0.2) is 4.98 Å². The summed E-state index contributed by atoms with van der Waals surface area (Å²) < 4.78 is 2.67. The number of unbranched alkanes of at least 4 members (excludes halogenated alkanes) is 39. The highest BCUT2D eigenvalue weighted by Crippen LogP contribution is 2.28. The summed E-state index contributed by atoms with van der Waals surface area (Å²) in [5.41, 5.74) is 0. The van der Waals surface area contributed by atoms with Crippen molar-refractivity contribution in [3.8, 4) is 0 Å². The van der Waals surface area contributed by atoms with Gasteiger partial charge in [-0.15, -0.1) is 0 Å². The minimum absolute atomic E-state index is 0.615. The quantitative estimate of drug-likeness (QED) is 0.0502. The van der Waals surface area contributed by atoms with E-state index in [4.69, 9.17) is 0 Å². The molecule has 1 rings (SSSR count). The molecule has 2 nitrogen and oxygen atoms in total. The molecule has 0 fully saturated rings. The Balaban J connectivity index is 2.34. The Kier molecular flexibility index (Phi) is 41.6. The minimum Gasteiger partial charge on any atom is -0.247 e. The first-order valence-electron chi connectivity index (χ1n) is 26.8. The summed E-state index contributed by atoms with van der Waals surface area (Å²) in [5.74, 6) is 2.25. The van der Waals surface area contributed by atoms with Gasteiger partial charge in [-0.05, 0) is 32.6 Å². The molecule has 0 aliphatic carbocycles. The highest BCUT2D eigenvalue weighted by molar-refractivity contribution is 4.90. The van der Waals surface area contributed by atoms with Crippen LogP contribution in [0.5, 0.6) is 0 Å². The Morgan fingerprint density at radius 3 is 0.839 bits per heavy atom. The molecule has 2 atom stereocenters. The Hall–Kier alpha value is -0.790. The van der Waals surface area contributed by atoms with Gasteiger partial charge >= 0.3 is 0 Å². The first-order chi connectivity index (χ1) is 27.7. The van der Waals surface area contributed by atoms with Crippen LogP contribution in [0.1, 0.15) is 334 Å². The molecule has 0 aromatic carbocycles. The number of hydrogen-bond donors (Lipinski definition) is 1. The van der Waals surface area contributed by atoms with Gasteiger partial charge in [0.15, 0.2) is 0 Å². The van der Waals surface area contributed by atoms with Crippen LogP contribution in [0.15, 0.2) is 12.4 Å². The lowest BCUT2D eigenvalue weighted by Crippen LogP contribution is -2.41. The molecule has 2 unspecified atom stereocenters. The lowest BCUT2D eigenvalue weighted by Gasteiger charge is -2.17. The third kappa shape index (κ3) is 34.1. The van der Waals surface area contributed by atoms with Gasteiger partial charge in [0.25, 0.3) is 5.82 Å². The summed E-state index contributed by atoms with van der Waals surface area (Å²) in [7, 11) is 0. The van der Waals surface area contributed by atoms with E-state index in [1.165, 1.54) is 289 Å². The number of nitrogens with one attached hydrogen (secondary N) is 1. The minimum atomic E-state index is 0.615. The van der Waals surface area contributed by atoms with Crippen molar-refractivity contribution < 1.29 is 4.57 Å². The smallest absolute Gasteiger partial charge is 0.247 e. The number of aromatic nitrogens is 2. The fraction of sp³-hybridized carbons (Fsp3) is 0.944. The number of rotatable bonds is 47. The van der Waals surface area contributed by atoms with Gasteiger partial charge < -0.3 is 0 Å². The van der Waals surface area contributed by atoms with E-state index < -0.39 is 0 Å². The molecule has 2 heteroatoms. The van der Waals surface area contributed by atoms with Gasteiger partial charge in [-0.2, -0.15) is 0 Å². The zero-order valence-electron chi connectivity index (χ0n) is 39.6. The van der Waals surface area contributed by atoms with Crippen molar-refractivity contribution in [3.05, 3.63) is 18.2 Å². The lowest BCUT2D eigenvalue weighted by atomic mass is 9.92. The average Bonchev–Trinajstić information content (AvgIpc) is 3.70. The Labute approximate surface area is 355 Å². The zero-order valence-corrected chi connectivity index (χ0v) is 39.6. The number of aromatic amines is 1. The molecule has 0 saturated heterocycles. The Bertz CT molecular complexity index is 858. The summed E-state index contributed by atoms with van der Waals surface area (Å²) in [4.78, 5) is 3.80. The van der Waals surface area contributed by atoms with E-state index in [1.807, 2.05) is 0 Å². The maximum atomic E-state index is 3.80. The second-order valence-electron chi connectivity index (χ2n) is 19.0. The Morgan fingerprint density at radius 1 is 0.339 bits per heavy atom. The van der Waals surface area contributed by atoms with Gasteiger partial charge in [0.05, 0.1) is 12.0 Å². The third-order valence-corrected chi connectivity index (χ3v) is 13.4. The van der Waals surface area contributed by atoms with Gasteiger partial charge in [-0.25, -0.2) is 9.55 Å². The number of imidazole rings is 1. The predicted octanol–water partition coefficient (Wildman–Crippen LogP) is 19.6. The lowest BCUT2D eigenvalue weighted by molar-refractivity contribution is -0.727. The summed E-state index contributed by atoms with van der Waals surface area (Å²) in [6.45, 7) is 9.45. The molecule has 0 aliphatic rings. The Morgan fingerprint density at radius 2 is 0.571 bits per heavy atom. The molecule has 56 heavy (non-hydrogen) atoms. The fourth-order valence-corrected chi connectivity index (χ4v) is 9.43. The van der Waals surface area contributed by atoms with E-state index in [0.29, 0.717) is 12.0 Å². The SMILES string of the molecule is CCCCCCCCCCCCCCCCCCCC(CCCCCCCCCCCCCCCC)c1[nH]cc[n+]1C(C)CCCCCCCCCCCCC. The van der Waals surface area contributed by atoms with E-state index in [0.717, 1.165) is 0 Å². The van der Waals surface area contributed by atoms with Gasteiger partial charge in [-0.1, -0.05) is 284 Å². The van der Waals surface area contributed by atoms with Crippen molar-refractivity contribution in [3.63, 3.8) is 0 Å². The van der Waals surface area contributed by atoms with Crippen LogP contribution in [0.2, 0.25) is 0 Å². The molecule has 0 saturated carbocycles. The summed E-state index contributed by atoms with van der Waals surface area (Å²) in [6.07, 6.45) is 69.6. The molecule has 0 radical (unpaired) electrons. The van der Waals surface area contributed by atoms with Crippen LogP contribution in [0.4, 0.5) is 0 Å². The van der Waals surface area contributed by atoms with E-state index in [9.17, 15) is 0 Å². The molecule has 332 valence electrons. The van der Waals surface area contributed by atoms with Gasteiger partial charge in [0.1, 0.15) is 12.4 Å². The van der Waals surface area contributed by atoms with Crippen LogP contribution in [0.3, 0.4) is 0 Å². The molecule has 1 aromatic rings. The summed E-state index contributed by atoms with van der Waals surface area (Å²) in [6, 6.07) is 0.615. The van der Waals surface area contributed by atoms with Crippen LogP contribution < -0.4 is 4.57 Å². The van der Waals surface area contributed by atoms with E-state index >= 15 is 0 Å². The zero-order chi connectivity index (χ0) is 40.3. The molecule has 1 N–H and O–H groups in total. The van der Waals surface area contributed by atoms with E-state index in [1.54, 1.807) is 5.82 Å². The van der Waals surface area contributed by atoms with E-state index in [-0.39, 0.29) is 0 Å². The molecule has 0 amide bonds. The van der Waals surface area contributed by atoms with Crippen molar-refractivity contribution in [2.75, 3.05) is 0 Å². The molecule has 1 aromatic heterocycles. The maximum absolute atomic E-state index is 3.80. The average molecular weight is 784 g/mol. The molecule has 1 heterocycles. The van der Waals surface area contributed by atoms with Gasteiger partial charge in [0, 0.05) is 0 Å². The molecule has 0 aliphatic heterocycles. The molecule has 0 bridgehead atoms. The maximum Gasteiger partial charge on any atom is 0.257 e. The standard InChI is InChI=1S/C54H106N2/c1-5-8-11-14-17-20-23-25-27-28-29-31-34-37-40-43-46-49-53(48-45-42-39-36-33-30-26-24-21-18-15-12-9-6-2)54-55-50-51-56(54)52(4)47-44-41-38-35-32-22-19-16-13-10-7-3/h50-53H,5-49H2,1-4H3/p+1. The molecule has 0 spiro atoms. The predicted molar refractivity (Wildman–Crippen MR) is 253 cm³/mol. The molecular weight excluding hydrogens is 677 g/mol. The monoisotopic (exact) mass is 784 g/mol. The number of nitrogens with zero attached hydrogens (tertiary/aromatic N) is 1. The number of hydrogen-bond acceptors (Lipinski definition) is 0. The van der Waals surface area contributed by atoms with Crippen molar-refractivity contribution >= 4 is 0 Å². The molecular formula is C54H107N2+. The van der Waals surface area contributed by atoms with Gasteiger partial charge in [-0.3, -0.25) is 0 Å². The van der Waals surface area contributed by atoms with Crippen molar-refractivity contribution in [1.29, 1.82) is 0 Å². The fourth-order valence-electron chi connectivity index (χ4n) is 9.43. The summed E-state index contributed by atoms with van der Waals surface area (Å²) in [5, 5.41) is 0. The van der Waals surface area contributed by atoms with Crippen molar-refractivity contribution in [2.45, 2.75) is 329 Å². The first-order valence-corrected chi connectivity index (χ1v) is 26.8. The largest absolute Gasteiger partial charge is 0.257 e. The van der Waals surface area contributed by atoms with Crippen molar-refractivity contribution in [1.82, 2.24) is 4.98 Å². The highest BCUT2D eigenvalue weighted by Gasteiger charge is 2.25. The van der Waals surface area contributed by atoms with Crippen LogP contribution in [-0.2, 0) is 0 Å². The topological polar surface area (TPSA) is 19.7 Å². The van der Waals surface area contributed by atoms with Gasteiger partial charge in [0.2, 0.25) is 0 Å². The third-order valence-electron chi connectivity index (χ3n) is 13.4. The second-order valence-corrected chi connectivity index (χ2v) is 19.0. The van der Waals surface area contributed by atoms with Crippen molar-refractivity contribution in [2.24, 2.45) is 0 Å². The van der Waals surface area contributed by atoms with Crippen LogP contribution in [0, 0.1) is 0 Å². The second kappa shape index (κ2) is 43.8. The first kappa shape index (κ1) is 53.2.